The van der Waals surface area contributed by atoms with Crippen LogP contribution in [0.4, 0.5) is 32.2 Å². The molecule has 0 N–H and O–H groups in total. The molecule has 0 saturated carbocycles. The predicted molar refractivity (Wildman–Crippen MR) is 113 cm³/mol. The second kappa shape index (κ2) is 8.03. The number of anilines is 1. The van der Waals surface area contributed by atoms with Crippen molar-refractivity contribution in [2.45, 2.75) is 36.8 Å². The number of hydrogen-bond donors (Lipinski definition) is 0. The zero-order chi connectivity index (χ0) is 24.3. The summed E-state index contributed by atoms with van der Waals surface area (Å²) in [6.45, 7) is 0. The van der Waals surface area contributed by atoms with E-state index in [4.69, 9.17) is 0 Å². The summed E-state index contributed by atoms with van der Waals surface area (Å²) in [5.41, 5.74) is -2.21. The van der Waals surface area contributed by atoms with Gasteiger partial charge in [0.1, 0.15) is 5.82 Å². The van der Waals surface area contributed by atoms with Gasteiger partial charge in [-0.2, -0.15) is 26.3 Å². The number of nitrogens with zero attached hydrogens (tertiary/aromatic N) is 3. The van der Waals surface area contributed by atoms with Crippen molar-refractivity contribution in [3.8, 4) is 0 Å². The number of hydrogen-bond acceptors (Lipinski definition) is 3. The summed E-state index contributed by atoms with van der Waals surface area (Å²) in [4.78, 5) is 20.5. The van der Waals surface area contributed by atoms with Gasteiger partial charge in [0.2, 0.25) is 5.91 Å². The second-order valence-corrected chi connectivity index (χ2v) is 9.08. The number of carbonyl (C=O) groups excluding carboxylic acids is 1. The topological polar surface area (TPSA) is 36.4 Å². The van der Waals surface area contributed by atoms with Crippen LogP contribution < -0.4 is 4.90 Å². The molecule has 0 aliphatic carbocycles. The first-order valence-electron chi connectivity index (χ1n) is 9.89. The fourth-order valence-electron chi connectivity index (χ4n) is 4.33. The molecule has 33 heavy (non-hydrogen) atoms. The summed E-state index contributed by atoms with van der Waals surface area (Å²) < 4.78 is 80.6. The lowest BCUT2D eigenvalue weighted by molar-refractivity contribution is -0.143. The first kappa shape index (κ1) is 23.6. The fraction of sp³-hybridized carbons (Fsp3) is 0.364. The first-order chi connectivity index (χ1) is 15.3. The van der Waals surface area contributed by atoms with Crippen LogP contribution in [0.5, 0.6) is 0 Å². The third kappa shape index (κ3) is 4.34. The van der Waals surface area contributed by atoms with Crippen LogP contribution in [-0.2, 0) is 17.1 Å². The van der Waals surface area contributed by atoms with E-state index in [1.54, 1.807) is 43.4 Å². The summed E-state index contributed by atoms with van der Waals surface area (Å²) in [5, 5.41) is 0. The molecule has 3 heterocycles. The highest BCUT2D eigenvalue weighted by atomic mass is 79.9. The molecule has 176 valence electrons. The summed E-state index contributed by atoms with van der Waals surface area (Å²) in [5.74, 6) is -0.543. The molecule has 3 atom stereocenters. The van der Waals surface area contributed by atoms with Crippen molar-refractivity contribution in [3.63, 3.8) is 0 Å². The molecule has 1 aromatic carbocycles. The van der Waals surface area contributed by atoms with Gasteiger partial charge in [-0.25, -0.2) is 4.98 Å². The number of fused-ring (bicyclic) bond motifs is 1. The number of alkyl halides is 6. The lowest BCUT2D eigenvalue weighted by Crippen LogP contribution is -2.32. The maximum Gasteiger partial charge on any atom is 0.416 e. The number of aromatic nitrogens is 1. The summed E-state index contributed by atoms with van der Waals surface area (Å²) in [6.07, 6.45) is -5.07. The molecule has 2 aliphatic heterocycles. The highest BCUT2D eigenvalue weighted by Gasteiger charge is 2.47. The van der Waals surface area contributed by atoms with E-state index in [-0.39, 0.29) is 24.0 Å². The Labute approximate surface area is 194 Å². The van der Waals surface area contributed by atoms with Crippen LogP contribution >= 0.6 is 15.9 Å². The van der Waals surface area contributed by atoms with E-state index in [1.165, 1.54) is 4.90 Å². The van der Waals surface area contributed by atoms with Crippen molar-refractivity contribution < 1.29 is 31.1 Å². The molecule has 11 heteroatoms. The number of pyridine rings is 1. The molecule has 0 unspecified atom stereocenters. The van der Waals surface area contributed by atoms with Crippen LogP contribution in [0.3, 0.4) is 0 Å². The highest BCUT2D eigenvalue weighted by Crippen LogP contribution is 2.47. The van der Waals surface area contributed by atoms with Crippen molar-refractivity contribution in [2.75, 3.05) is 19.0 Å². The average molecular weight is 534 g/mol. The third-order valence-corrected chi connectivity index (χ3v) is 6.55. The molecule has 0 radical (unpaired) electrons. The molecule has 2 aromatic rings. The van der Waals surface area contributed by atoms with Crippen LogP contribution in [0.1, 0.15) is 40.6 Å². The molecule has 1 fully saturated rings. The van der Waals surface area contributed by atoms with Crippen LogP contribution in [0.25, 0.3) is 0 Å². The Morgan fingerprint density at radius 1 is 1.00 bits per heavy atom. The molecule has 0 bridgehead atoms. The molecule has 1 aromatic heterocycles. The number of halogens is 7. The minimum Gasteiger partial charge on any atom is -0.363 e. The quantitative estimate of drug-likeness (QED) is 0.361. The lowest BCUT2D eigenvalue weighted by Gasteiger charge is -2.28. The summed E-state index contributed by atoms with van der Waals surface area (Å²) >= 11 is 3.43. The largest absolute Gasteiger partial charge is 0.416 e. The van der Waals surface area contributed by atoms with Gasteiger partial charge in [0.05, 0.1) is 23.2 Å². The normalized spacial score (nSPS) is 22.8. The number of carbonyl (C=O) groups is 1. The van der Waals surface area contributed by atoms with Gasteiger partial charge in [-0.05, 0) is 51.3 Å². The Bertz CT molecular complexity index is 1100. The van der Waals surface area contributed by atoms with Crippen LogP contribution in [-0.4, -0.2) is 35.9 Å². The maximum absolute atomic E-state index is 13.3. The van der Waals surface area contributed by atoms with Gasteiger partial charge in [-0.3, -0.25) is 4.79 Å². The highest BCUT2D eigenvalue weighted by molar-refractivity contribution is 9.10. The summed E-state index contributed by atoms with van der Waals surface area (Å²) in [6, 6.07) is 2.14. The molecular weight excluding hydrogens is 516 g/mol. The fourth-order valence-corrected chi connectivity index (χ4v) is 4.78. The minimum absolute atomic E-state index is 0.0994. The number of amides is 1. The van der Waals surface area contributed by atoms with Crippen molar-refractivity contribution in [2.24, 2.45) is 0 Å². The van der Waals surface area contributed by atoms with Crippen molar-refractivity contribution in [3.05, 3.63) is 69.3 Å². The van der Waals surface area contributed by atoms with E-state index < -0.39 is 41.5 Å². The Balaban J connectivity index is 1.73. The number of rotatable bonds is 3. The van der Waals surface area contributed by atoms with E-state index >= 15 is 0 Å². The van der Waals surface area contributed by atoms with Crippen molar-refractivity contribution in [1.82, 2.24) is 9.88 Å². The van der Waals surface area contributed by atoms with Gasteiger partial charge in [0.15, 0.2) is 0 Å². The molecule has 1 amide bonds. The van der Waals surface area contributed by atoms with E-state index in [0.717, 1.165) is 5.56 Å². The predicted octanol–water partition coefficient (Wildman–Crippen LogP) is 5.94. The zero-order valence-corrected chi connectivity index (χ0v) is 19.0. The van der Waals surface area contributed by atoms with Crippen LogP contribution in [0, 0.1) is 0 Å². The van der Waals surface area contributed by atoms with Crippen molar-refractivity contribution in [1.29, 1.82) is 0 Å². The lowest BCUT2D eigenvalue weighted by atomic mass is 9.89. The minimum atomic E-state index is -4.95. The molecule has 4 rings (SSSR count). The van der Waals surface area contributed by atoms with Crippen molar-refractivity contribution >= 4 is 27.7 Å². The third-order valence-electron chi connectivity index (χ3n) is 5.89. The zero-order valence-electron chi connectivity index (χ0n) is 17.4. The number of benzene rings is 1. The maximum atomic E-state index is 13.3. The Morgan fingerprint density at radius 3 is 2.15 bits per heavy atom. The van der Waals surface area contributed by atoms with E-state index in [2.05, 4.69) is 20.9 Å². The van der Waals surface area contributed by atoms with E-state index in [9.17, 15) is 31.1 Å². The molecule has 4 nitrogen and oxygen atoms in total. The summed E-state index contributed by atoms with van der Waals surface area (Å²) in [7, 11) is 3.60. The second-order valence-electron chi connectivity index (χ2n) is 8.23. The van der Waals surface area contributed by atoms with Gasteiger partial charge < -0.3 is 9.80 Å². The Kier molecular flexibility index (Phi) is 5.74. The van der Waals surface area contributed by atoms with Crippen LogP contribution in [0.15, 0.2) is 47.1 Å². The van der Waals surface area contributed by atoms with Gasteiger partial charge in [0.25, 0.3) is 0 Å². The van der Waals surface area contributed by atoms with Gasteiger partial charge in [-0.15, -0.1) is 0 Å². The molecule has 1 saturated heterocycles. The standard InChI is InChI=1S/C22H18BrF6N3O/c1-31(2)19-8-15(16(23)10-30-19)18-4-3-17-14(9-20(33)32(17)18)11-5-12(21(24,25)26)7-13(6-11)22(27,28)29/h3-8,10,14,17-18H,9H2,1-2H3/t14-,17+,18+/m1/s1. The SMILES string of the molecule is CN(C)c1cc([C@@H]2C=C[C@H]3[C@@H](c4cc(C(F)(F)F)cc(C(F)(F)F)c4)CC(=O)N23)c(Br)cn1. The molecular formula is C22H18BrF6N3O. The first-order valence-corrected chi connectivity index (χ1v) is 10.7. The van der Waals surface area contributed by atoms with E-state index in [1.807, 2.05) is 0 Å². The smallest absolute Gasteiger partial charge is 0.363 e. The Hall–Kier alpha value is -2.56. The van der Waals surface area contributed by atoms with Gasteiger partial charge in [-0.1, -0.05) is 12.2 Å². The van der Waals surface area contributed by atoms with E-state index in [0.29, 0.717) is 22.4 Å². The van der Waals surface area contributed by atoms with Gasteiger partial charge >= 0.3 is 12.4 Å². The molecule has 2 aliphatic rings. The monoisotopic (exact) mass is 533 g/mol. The van der Waals surface area contributed by atoms with Gasteiger partial charge in [0, 0.05) is 37.1 Å². The Morgan fingerprint density at radius 2 is 1.61 bits per heavy atom. The van der Waals surface area contributed by atoms with Crippen LogP contribution in [0.2, 0.25) is 0 Å². The molecule has 0 spiro atoms. The average Bonchev–Trinajstić information content (AvgIpc) is 3.28.